The maximum Gasteiger partial charge on any atom is 0.358 e. The van der Waals surface area contributed by atoms with Crippen LogP contribution in [-0.2, 0) is 27.2 Å². The van der Waals surface area contributed by atoms with Gasteiger partial charge in [0.25, 0.3) is 5.91 Å². The van der Waals surface area contributed by atoms with E-state index in [1.165, 1.54) is 30.6 Å². The van der Waals surface area contributed by atoms with E-state index < -0.39 is 11.6 Å². The highest BCUT2D eigenvalue weighted by Crippen LogP contribution is 2.50. The number of para-hydroxylation sites is 1. The largest absolute Gasteiger partial charge is 0.493 e. The molecule has 1 aliphatic carbocycles. The van der Waals surface area contributed by atoms with E-state index in [9.17, 15) is 14.4 Å². The van der Waals surface area contributed by atoms with Crippen LogP contribution < -0.4 is 15.0 Å². The molecule has 8 rings (SSSR count). The molecule has 1 amide bonds. The predicted molar refractivity (Wildman–Crippen MR) is 241 cm³/mol. The Bertz CT molecular complexity index is 2380. The van der Waals surface area contributed by atoms with E-state index in [1.807, 2.05) is 101 Å². The third-order valence-corrected chi connectivity index (χ3v) is 13.5. The zero-order valence-electron chi connectivity index (χ0n) is 36.1. The lowest BCUT2D eigenvalue weighted by Crippen LogP contribution is -2.41. The predicted octanol–water partition coefficient (Wildman–Crippen LogP) is 9.65. The summed E-state index contributed by atoms with van der Waals surface area (Å²) in [6.45, 7) is 13.9. The fraction of sp³-hybridized carbons (Fsp3) is 0.449. The van der Waals surface area contributed by atoms with E-state index in [0.717, 1.165) is 77.0 Å². The van der Waals surface area contributed by atoms with Gasteiger partial charge in [0, 0.05) is 24.2 Å². The number of ether oxygens (including phenoxy) is 3. The number of nitrogens with zero attached hydrogens (tertiary/aromatic N) is 4. The summed E-state index contributed by atoms with van der Waals surface area (Å²) in [5, 5.41) is 3.59. The van der Waals surface area contributed by atoms with Crippen molar-refractivity contribution in [3.05, 3.63) is 101 Å². The SMILES string of the molecule is CCOC(=O)CN1CCC2(CC[C@@H](CCOc3cccc(-c4ccc(N5CCc6cccc(C(=O)Nc7nc8ccccc8s7)c6C5)nc4C(=O)OC(C)(C)C)c3C)C2)CC1. The number of hydrogen-bond donors (Lipinski definition) is 1. The highest BCUT2D eigenvalue weighted by Gasteiger charge is 2.41. The number of fused-ring (bicyclic) bond motifs is 2. The molecular formula is C49H57N5O6S. The Morgan fingerprint density at radius 2 is 1.72 bits per heavy atom. The molecule has 1 atom stereocenters. The molecule has 0 unspecified atom stereocenters. The molecule has 3 aromatic carbocycles. The fourth-order valence-electron chi connectivity index (χ4n) is 9.40. The summed E-state index contributed by atoms with van der Waals surface area (Å²) < 4.78 is 18.6. The van der Waals surface area contributed by atoms with Crippen LogP contribution >= 0.6 is 11.3 Å². The first-order chi connectivity index (χ1) is 29.4. The second-order valence-corrected chi connectivity index (χ2v) is 18.9. The normalized spacial score (nSPS) is 17.6. The van der Waals surface area contributed by atoms with Gasteiger partial charge in [-0.1, -0.05) is 47.7 Å². The molecule has 0 bridgehead atoms. The van der Waals surface area contributed by atoms with Crippen LogP contribution in [0.15, 0.2) is 72.8 Å². The lowest BCUT2D eigenvalue weighted by Gasteiger charge is -2.39. The van der Waals surface area contributed by atoms with Crippen LogP contribution in [0, 0.1) is 18.3 Å². The van der Waals surface area contributed by atoms with Gasteiger partial charge in [0.2, 0.25) is 0 Å². The molecule has 0 radical (unpaired) electrons. The number of rotatable bonds is 12. The summed E-state index contributed by atoms with van der Waals surface area (Å²) in [6, 6.07) is 23.6. The zero-order valence-corrected chi connectivity index (χ0v) is 36.9. The Morgan fingerprint density at radius 3 is 2.51 bits per heavy atom. The average Bonchev–Trinajstić information content (AvgIpc) is 3.84. The smallest absolute Gasteiger partial charge is 0.358 e. The van der Waals surface area contributed by atoms with Crippen LogP contribution in [0.25, 0.3) is 21.3 Å². The van der Waals surface area contributed by atoms with Gasteiger partial charge in [-0.2, -0.15) is 0 Å². The molecule has 11 nitrogen and oxygen atoms in total. The number of anilines is 2. The summed E-state index contributed by atoms with van der Waals surface area (Å²) in [5.41, 5.74) is 5.87. The van der Waals surface area contributed by atoms with Crippen LogP contribution in [0.5, 0.6) is 5.75 Å². The lowest BCUT2D eigenvalue weighted by atomic mass is 9.76. The van der Waals surface area contributed by atoms with Crippen molar-refractivity contribution in [1.29, 1.82) is 0 Å². The van der Waals surface area contributed by atoms with Gasteiger partial charge < -0.3 is 19.1 Å². The van der Waals surface area contributed by atoms with Crippen LogP contribution in [0.4, 0.5) is 10.9 Å². The van der Waals surface area contributed by atoms with Gasteiger partial charge in [0.05, 0.1) is 30.0 Å². The van der Waals surface area contributed by atoms with Gasteiger partial charge in [-0.25, -0.2) is 14.8 Å². The quantitative estimate of drug-likeness (QED) is 0.122. The second kappa shape index (κ2) is 17.9. The average molecular weight is 844 g/mol. The summed E-state index contributed by atoms with van der Waals surface area (Å²) >= 11 is 1.45. The first-order valence-electron chi connectivity index (χ1n) is 21.7. The minimum atomic E-state index is -0.722. The molecule has 5 aromatic rings. The number of pyridine rings is 1. The number of esters is 2. The zero-order chi connectivity index (χ0) is 42.7. The van der Waals surface area contributed by atoms with E-state index in [0.29, 0.717) is 66.3 Å². The number of nitrogens with one attached hydrogen (secondary N) is 1. The van der Waals surface area contributed by atoms with Crippen molar-refractivity contribution in [3.63, 3.8) is 0 Å². The number of thiazole rings is 1. The monoisotopic (exact) mass is 843 g/mol. The molecule has 1 spiro atoms. The van der Waals surface area contributed by atoms with Crippen molar-refractivity contribution in [2.24, 2.45) is 11.3 Å². The molecule has 3 aliphatic rings. The number of amides is 1. The molecule has 4 heterocycles. The van der Waals surface area contributed by atoms with Crippen molar-refractivity contribution < 1.29 is 28.6 Å². The summed E-state index contributed by atoms with van der Waals surface area (Å²) in [6.07, 6.45) is 7.63. The van der Waals surface area contributed by atoms with Gasteiger partial charge in [-0.05, 0) is 163 Å². The highest BCUT2D eigenvalue weighted by molar-refractivity contribution is 7.22. The third kappa shape index (κ3) is 9.76. The van der Waals surface area contributed by atoms with Gasteiger partial charge in [0.1, 0.15) is 17.2 Å². The van der Waals surface area contributed by atoms with Crippen LogP contribution in [-0.4, -0.2) is 77.7 Å². The Balaban J connectivity index is 0.962. The fourth-order valence-corrected chi connectivity index (χ4v) is 10.3. The van der Waals surface area contributed by atoms with E-state index in [-0.39, 0.29) is 17.6 Å². The Kier molecular flexibility index (Phi) is 12.5. The topological polar surface area (TPSA) is 123 Å². The number of likely N-dealkylation sites (tertiary alicyclic amines) is 1. The van der Waals surface area contributed by atoms with Crippen LogP contribution in [0.3, 0.4) is 0 Å². The van der Waals surface area contributed by atoms with Crippen molar-refractivity contribution in [2.75, 3.05) is 49.6 Å². The van der Waals surface area contributed by atoms with Crippen molar-refractivity contribution in [2.45, 2.75) is 91.7 Å². The van der Waals surface area contributed by atoms with Crippen molar-refractivity contribution in [1.82, 2.24) is 14.9 Å². The second-order valence-electron chi connectivity index (χ2n) is 17.9. The number of carbonyl (C=O) groups excluding carboxylic acids is 3. The minimum absolute atomic E-state index is 0.127. The molecular weight excluding hydrogens is 787 g/mol. The van der Waals surface area contributed by atoms with E-state index in [2.05, 4.69) is 26.2 Å². The summed E-state index contributed by atoms with van der Waals surface area (Å²) in [5.74, 6) is 1.22. The Hall–Kier alpha value is -5.33. The number of piperidine rings is 1. The van der Waals surface area contributed by atoms with Crippen molar-refractivity contribution >= 4 is 50.3 Å². The van der Waals surface area contributed by atoms with E-state index in [1.54, 1.807) is 0 Å². The molecule has 12 heteroatoms. The number of carbonyl (C=O) groups is 3. The molecule has 1 N–H and O–H groups in total. The van der Waals surface area contributed by atoms with Gasteiger partial charge in [-0.15, -0.1) is 0 Å². The molecule has 2 aliphatic heterocycles. The maximum atomic E-state index is 14.0. The number of benzene rings is 3. The number of aromatic nitrogens is 2. The molecule has 320 valence electrons. The standard InChI is InChI=1S/C49H57N5O6S/c1-6-58-43(55)31-53-26-23-49(24-27-53)22-19-33(29-49)21-28-59-40-15-10-12-35(32(40)2)36-17-18-42(51-44(36)46(57)60-48(3,4)5)54-25-20-34-11-9-13-37(38(34)30-54)45(56)52-47-50-39-14-7-8-16-41(39)61-47/h7-18,33H,6,19-31H2,1-5H3,(H,50,52,56)/t33-/m0/s1. The van der Waals surface area contributed by atoms with Gasteiger partial charge >= 0.3 is 11.9 Å². The minimum Gasteiger partial charge on any atom is -0.493 e. The highest BCUT2D eigenvalue weighted by atomic mass is 32.1. The summed E-state index contributed by atoms with van der Waals surface area (Å²) in [4.78, 5) is 53.7. The Labute approximate surface area is 362 Å². The van der Waals surface area contributed by atoms with E-state index >= 15 is 0 Å². The Morgan fingerprint density at radius 1 is 0.918 bits per heavy atom. The van der Waals surface area contributed by atoms with Crippen molar-refractivity contribution in [3.8, 4) is 16.9 Å². The van der Waals surface area contributed by atoms with Crippen LogP contribution in [0.1, 0.15) is 104 Å². The molecule has 61 heavy (non-hydrogen) atoms. The first-order valence-corrected chi connectivity index (χ1v) is 22.6. The van der Waals surface area contributed by atoms with Gasteiger partial charge in [-0.3, -0.25) is 19.8 Å². The summed E-state index contributed by atoms with van der Waals surface area (Å²) in [7, 11) is 0. The molecule has 1 saturated heterocycles. The van der Waals surface area contributed by atoms with E-state index in [4.69, 9.17) is 19.2 Å². The lowest BCUT2D eigenvalue weighted by molar-refractivity contribution is -0.145. The molecule has 2 aromatic heterocycles. The molecule has 1 saturated carbocycles. The third-order valence-electron chi connectivity index (χ3n) is 12.6. The van der Waals surface area contributed by atoms with Gasteiger partial charge in [0.15, 0.2) is 10.8 Å². The first kappa shape index (κ1) is 42.4. The molecule has 2 fully saturated rings. The number of hydrogen-bond acceptors (Lipinski definition) is 11. The maximum absolute atomic E-state index is 14.0. The van der Waals surface area contributed by atoms with Crippen LogP contribution in [0.2, 0.25) is 0 Å².